The number of hydrogen-bond acceptors (Lipinski definition) is 2. The van der Waals surface area contributed by atoms with Crippen molar-refractivity contribution in [1.29, 1.82) is 0 Å². The molecule has 3 aromatic rings. The van der Waals surface area contributed by atoms with E-state index in [1.54, 1.807) is 7.11 Å². The summed E-state index contributed by atoms with van der Waals surface area (Å²) in [5.74, 6) is 0.850. The first-order chi connectivity index (χ1) is 9.28. The first kappa shape index (κ1) is 11.9. The lowest BCUT2D eigenvalue weighted by atomic mass is 10.1. The lowest BCUT2D eigenvalue weighted by Crippen LogP contribution is -1.87. The molecule has 0 atom stereocenters. The average Bonchev–Trinajstić information content (AvgIpc) is 2.47. The molecule has 2 aromatic carbocycles. The molecule has 1 N–H and O–H groups in total. The van der Waals surface area contributed by atoms with Crippen molar-refractivity contribution in [2.75, 3.05) is 7.11 Å². The van der Waals surface area contributed by atoms with E-state index < -0.39 is 0 Å². The van der Waals surface area contributed by atoms with Gasteiger partial charge in [-0.05, 0) is 41.3 Å². The highest BCUT2D eigenvalue weighted by atomic mass is 32.1. The minimum absolute atomic E-state index is 0.768. The van der Waals surface area contributed by atoms with Gasteiger partial charge in [0.25, 0.3) is 0 Å². The fourth-order valence-electron chi connectivity index (χ4n) is 2.14. The van der Waals surface area contributed by atoms with Crippen molar-refractivity contribution in [2.45, 2.75) is 0 Å². The van der Waals surface area contributed by atoms with Gasteiger partial charge in [0.1, 0.15) is 10.4 Å². The molecule has 0 aliphatic carbocycles. The maximum Gasteiger partial charge on any atom is 0.118 e. The van der Waals surface area contributed by atoms with Crippen molar-refractivity contribution in [3.63, 3.8) is 0 Å². The van der Waals surface area contributed by atoms with E-state index in [0.29, 0.717) is 0 Å². The molecular weight excluding hydrogens is 254 g/mol. The van der Waals surface area contributed by atoms with Gasteiger partial charge in [0.05, 0.1) is 7.11 Å². The summed E-state index contributed by atoms with van der Waals surface area (Å²) in [5, 5.41) is 2.23. The van der Waals surface area contributed by atoms with Crippen LogP contribution in [0, 0.1) is 4.64 Å². The Hall–Kier alpha value is -2.13. The molecule has 2 nitrogen and oxygen atoms in total. The van der Waals surface area contributed by atoms with Gasteiger partial charge in [-0.2, -0.15) is 0 Å². The fraction of sp³-hybridized carbons (Fsp3) is 0.0625. The van der Waals surface area contributed by atoms with Crippen LogP contribution in [0.2, 0.25) is 0 Å². The summed E-state index contributed by atoms with van der Waals surface area (Å²) in [6.07, 6.45) is 0. The zero-order valence-corrected chi connectivity index (χ0v) is 11.3. The Bertz CT molecular complexity index is 775. The molecule has 19 heavy (non-hydrogen) atoms. The first-order valence-electron chi connectivity index (χ1n) is 6.04. The number of H-pyrrole nitrogens is 1. The summed E-state index contributed by atoms with van der Waals surface area (Å²) < 4.78 is 5.94. The predicted octanol–water partition coefficient (Wildman–Crippen LogP) is 4.57. The number of hydrogen-bond donors (Lipinski definition) is 1. The van der Waals surface area contributed by atoms with E-state index in [4.69, 9.17) is 17.0 Å². The standard InChI is InChI=1S/C16H13NOS/c1-18-13-8-6-11(7-9-13)15-10-12-4-2-3-5-14(12)16(19)17-15/h2-10H,1H3,(H,17,19). The molecule has 0 spiro atoms. The third-order valence-electron chi connectivity index (χ3n) is 3.15. The highest BCUT2D eigenvalue weighted by Gasteiger charge is 2.02. The molecule has 0 aliphatic rings. The first-order valence-corrected chi connectivity index (χ1v) is 6.45. The third-order valence-corrected chi connectivity index (χ3v) is 3.48. The van der Waals surface area contributed by atoms with Crippen LogP contribution in [0.25, 0.3) is 22.0 Å². The zero-order chi connectivity index (χ0) is 13.2. The van der Waals surface area contributed by atoms with E-state index in [2.05, 4.69) is 17.1 Å². The number of pyridine rings is 1. The van der Waals surface area contributed by atoms with Crippen LogP contribution in [-0.2, 0) is 0 Å². The van der Waals surface area contributed by atoms with Crippen molar-refractivity contribution < 1.29 is 4.74 Å². The zero-order valence-electron chi connectivity index (χ0n) is 10.5. The van der Waals surface area contributed by atoms with Crippen LogP contribution in [0.4, 0.5) is 0 Å². The molecule has 0 aliphatic heterocycles. The van der Waals surface area contributed by atoms with Crippen LogP contribution in [-0.4, -0.2) is 12.1 Å². The molecular formula is C16H13NOS. The van der Waals surface area contributed by atoms with E-state index in [-0.39, 0.29) is 0 Å². The SMILES string of the molecule is COc1ccc(-c2cc3ccccc3c(=S)[nH]2)cc1. The maximum absolute atomic E-state index is 5.41. The molecule has 94 valence electrons. The molecule has 0 unspecified atom stereocenters. The number of fused-ring (bicyclic) bond motifs is 1. The number of ether oxygens (including phenoxy) is 1. The van der Waals surface area contributed by atoms with E-state index in [0.717, 1.165) is 32.4 Å². The smallest absolute Gasteiger partial charge is 0.118 e. The Kier molecular flexibility index (Phi) is 3.05. The summed E-state index contributed by atoms with van der Waals surface area (Å²) in [5.41, 5.74) is 2.11. The lowest BCUT2D eigenvalue weighted by Gasteiger charge is -2.06. The highest BCUT2D eigenvalue weighted by molar-refractivity contribution is 7.71. The molecule has 0 radical (unpaired) electrons. The lowest BCUT2D eigenvalue weighted by molar-refractivity contribution is 0.415. The maximum atomic E-state index is 5.41. The summed E-state index contributed by atoms with van der Waals surface area (Å²) >= 11 is 5.41. The Morgan fingerprint density at radius 2 is 1.74 bits per heavy atom. The van der Waals surface area contributed by atoms with Gasteiger partial charge in [0, 0.05) is 11.1 Å². The normalized spacial score (nSPS) is 10.6. The Morgan fingerprint density at radius 3 is 2.47 bits per heavy atom. The second-order valence-electron chi connectivity index (χ2n) is 4.33. The highest BCUT2D eigenvalue weighted by Crippen LogP contribution is 2.24. The predicted molar refractivity (Wildman–Crippen MR) is 81.1 cm³/mol. The van der Waals surface area contributed by atoms with Crippen molar-refractivity contribution in [2.24, 2.45) is 0 Å². The van der Waals surface area contributed by atoms with Gasteiger partial charge >= 0.3 is 0 Å². The molecule has 1 heterocycles. The molecule has 0 saturated carbocycles. The molecule has 3 rings (SSSR count). The van der Waals surface area contributed by atoms with Gasteiger partial charge in [0.15, 0.2) is 0 Å². The monoisotopic (exact) mass is 267 g/mol. The topological polar surface area (TPSA) is 25.0 Å². The van der Waals surface area contributed by atoms with Crippen LogP contribution in [0.15, 0.2) is 54.6 Å². The second kappa shape index (κ2) is 4.86. The third kappa shape index (κ3) is 2.25. The average molecular weight is 267 g/mol. The van der Waals surface area contributed by atoms with E-state index >= 15 is 0 Å². The van der Waals surface area contributed by atoms with Gasteiger partial charge in [-0.25, -0.2) is 0 Å². The van der Waals surface area contributed by atoms with Crippen molar-refractivity contribution in [3.05, 3.63) is 59.2 Å². The largest absolute Gasteiger partial charge is 0.497 e. The number of nitrogens with one attached hydrogen (secondary N) is 1. The van der Waals surface area contributed by atoms with Gasteiger partial charge in [-0.1, -0.05) is 36.5 Å². The van der Waals surface area contributed by atoms with Gasteiger partial charge in [-0.3, -0.25) is 0 Å². The Balaban J connectivity index is 2.16. The number of benzene rings is 2. The van der Waals surface area contributed by atoms with Crippen molar-refractivity contribution >= 4 is 23.0 Å². The summed E-state index contributed by atoms with van der Waals surface area (Å²) in [7, 11) is 1.67. The number of aromatic nitrogens is 1. The van der Waals surface area contributed by atoms with Gasteiger partial charge in [0.2, 0.25) is 0 Å². The second-order valence-corrected chi connectivity index (χ2v) is 4.74. The van der Waals surface area contributed by atoms with Gasteiger partial charge in [-0.15, -0.1) is 0 Å². The Morgan fingerprint density at radius 1 is 1.00 bits per heavy atom. The van der Waals surface area contributed by atoms with Crippen LogP contribution in [0.1, 0.15) is 0 Å². The number of aromatic amines is 1. The number of rotatable bonds is 2. The van der Waals surface area contributed by atoms with Crippen molar-refractivity contribution in [3.8, 4) is 17.0 Å². The van der Waals surface area contributed by atoms with E-state index in [9.17, 15) is 0 Å². The summed E-state index contributed by atoms with van der Waals surface area (Å²) in [4.78, 5) is 3.28. The molecule has 0 amide bonds. The minimum atomic E-state index is 0.768. The van der Waals surface area contributed by atoms with Crippen molar-refractivity contribution in [1.82, 2.24) is 4.98 Å². The van der Waals surface area contributed by atoms with E-state index in [1.165, 1.54) is 0 Å². The van der Waals surface area contributed by atoms with Gasteiger partial charge < -0.3 is 9.72 Å². The molecule has 0 fully saturated rings. The van der Waals surface area contributed by atoms with Crippen LogP contribution in [0.3, 0.4) is 0 Å². The Labute approximate surface area is 116 Å². The molecule has 3 heteroatoms. The summed E-state index contributed by atoms with van der Waals surface area (Å²) in [6, 6.07) is 18.2. The van der Waals surface area contributed by atoms with Crippen LogP contribution in [0.5, 0.6) is 5.75 Å². The minimum Gasteiger partial charge on any atom is -0.497 e. The fourth-order valence-corrected chi connectivity index (χ4v) is 2.43. The molecule has 1 aromatic heterocycles. The quantitative estimate of drug-likeness (QED) is 0.688. The van der Waals surface area contributed by atoms with E-state index in [1.807, 2.05) is 42.5 Å². The summed E-state index contributed by atoms with van der Waals surface area (Å²) in [6.45, 7) is 0. The number of methoxy groups -OCH3 is 1. The molecule has 0 bridgehead atoms. The van der Waals surface area contributed by atoms with Crippen LogP contribution < -0.4 is 4.74 Å². The molecule has 0 saturated heterocycles. The van der Waals surface area contributed by atoms with Crippen LogP contribution >= 0.6 is 12.2 Å².